The van der Waals surface area contributed by atoms with Crippen molar-refractivity contribution in [1.82, 2.24) is 0 Å². The molecule has 6 atom stereocenters. The van der Waals surface area contributed by atoms with E-state index in [1.54, 1.807) is 5.57 Å². The third-order valence-corrected chi connectivity index (χ3v) is 36.4. The molecule has 3 unspecified atom stereocenters. The molecule has 0 radical (unpaired) electrons. The Hall–Kier alpha value is -0.0725. The zero-order chi connectivity index (χ0) is 46.7. The topological polar surface area (TPSA) is 36.9 Å². The molecule has 0 heterocycles. The molecular weight excluding hydrogens is 813 g/mol. The normalized spacial score (nSPS) is 26.5. The van der Waals surface area contributed by atoms with E-state index in [4.69, 9.17) is 17.7 Å². The van der Waals surface area contributed by atoms with Crippen LogP contribution in [0.5, 0.6) is 0 Å². The summed E-state index contributed by atoms with van der Waals surface area (Å²) >= 11 is 0. The minimum absolute atomic E-state index is 0.0113. The van der Waals surface area contributed by atoms with Gasteiger partial charge in [-0.1, -0.05) is 139 Å². The fourth-order valence-electron chi connectivity index (χ4n) is 10.5. The molecule has 3 rings (SSSR count). The average molecular weight is 918 g/mol. The first kappa shape index (κ1) is 55.3. The van der Waals surface area contributed by atoms with Gasteiger partial charge in [0.25, 0.3) is 0 Å². The predicted octanol–water partition coefficient (Wildman–Crippen LogP) is 17.6. The molecule has 0 aromatic heterocycles. The zero-order valence-electron chi connectivity index (χ0n) is 44.9. The van der Waals surface area contributed by atoms with Crippen molar-refractivity contribution in [2.45, 2.75) is 272 Å². The number of fused-ring (bicyclic) bond motifs is 1. The Morgan fingerprint density at radius 2 is 1.23 bits per heavy atom. The minimum Gasteiger partial charge on any atom is -0.417 e. The first-order valence-corrected chi connectivity index (χ1v) is 36.7. The Labute approximate surface area is 385 Å². The van der Waals surface area contributed by atoms with Crippen LogP contribution in [0.2, 0.25) is 72.5 Å². The van der Waals surface area contributed by atoms with Crippen LogP contribution in [-0.2, 0) is 17.7 Å². The summed E-state index contributed by atoms with van der Waals surface area (Å²) in [6.45, 7) is 53.6. The fourth-order valence-corrected chi connectivity index (χ4v) is 17.4. The van der Waals surface area contributed by atoms with Gasteiger partial charge in [0.2, 0.25) is 0 Å². The van der Waals surface area contributed by atoms with Crippen LogP contribution in [0.1, 0.15) is 181 Å². The van der Waals surface area contributed by atoms with E-state index in [0.29, 0.717) is 11.3 Å². The highest BCUT2D eigenvalue weighted by molar-refractivity contribution is 6.75. The van der Waals surface area contributed by atoms with Crippen LogP contribution in [0.15, 0.2) is 34.9 Å². The maximum absolute atomic E-state index is 7.49. The van der Waals surface area contributed by atoms with Crippen molar-refractivity contribution in [1.29, 1.82) is 0 Å². The van der Waals surface area contributed by atoms with Gasteiger partial charge in [0, 0.05) is 6.61 Å². The first-order valence-electron chi connectivity index (χ1n) is 25.5. The van der Waals surface area contributed by atoms with Crippen LogP contribution in [0.3, 0.4) is 0 Å². The van der Waals surface area contributed by atoms with E-state index >= 15 is 0 Å². The van der Waals surface area contributed by atoms with Crippen LogP contribution in [0, 0.1) is 23.2 Å². The molecule has 0 bridgehead atoms. The molecule has 3 saturated carbocycles. The summed E-state index contributed by atoms with van der Waals surface area (Å²) in [7, 11) is -7.62. The lowest BCUT2D eigenvalue weighted by molar-refractivity contribution is 0.0704. The molecule has 0 spiro atoms. The highest BCUT2D eigenvalue weighted by Crippen LogP contribution is 2.60. The molecular formula is C53H104O4Si4. The lowest BCUT2D eigenvalue weighted by Crippen LogP contribution is -2.50. The number of hydrogen-bond donors (Lipinski definition) is 0. The first-order chi connectivity index (χ1) is 27.7. The standard InChI is InChI=1S/C53H104O4Si4/c1-23-61(24-2,25-3)57-52(14,15)36-26-29-41(4)45-34-35-46-43(30-27-37-53(45,46)16)33-32-42-39-47(55-59(19,20)50(8,9)10)44(31-28-38-54-58(17,18)49(5,6)7)48(40-42)56-60(21,22)51(11,12)13/h31-33,41,45-48H,23-30,34-40H2,1-22H3/b42-32?,43-33+,44-31?/t41?,45?,46?,47-,48-,53-/m1/s1. The number of hydrogen-bond acceptors (Lipinski definition) is 4. The fraction of sp³-hybridized carbons (Fsp3) is 0.887. The lowest BCUT2D eigenvalue weighted by Gasteiger charge is -2.46. The second-order valence-electron chi connectivity index (χ2n) is 25.9. The van der Waals surface area contributed by atoms with Gasteiger partial charge in [0.1, 0.15) is 0 Å². The number of allylic oxidation sites excluding steroid dienone is 3. The summed E-state index contributed by atoms with van der Waals surface area (Å²) in [5, 5.41) is 0.456. The van der Waals surface area contributed by atoms with Crippen LogP contribution >= 0.6 is 0 Å². The van der Waals surface area contributed by atoms with E-state index in [0.717, 1.165) is 37.7 Å². The molecule has 0 aromatic carbocycles. The summed E-state index contributed by atoms with van der Waals surface area (Å²) in [4.78, 5) is 0. The Kier molecular flexibility index (Phi) is 18.9. The summed E-state index contributed by atoms with van der Waals surface area (Å²) in [6.07, 6.45) is 21.0. The van der Waals surface area contributed by atoms with E-state index in [9.17, 15) is 0 Å². The van der Waals surface area contributed by atoms with Crippen LogP contribution < -0.4 is 0 Å². The van der Waals surface area contributed by atoms with Gasteiger partial charge in [-0.2, -0.15) is 0 Å². The molecule has 0 amide bonds. The highest BCUT2D eigenvalue weighted by Gasteiger charge is 2.51. The summed E-state index contributed by atoms with van der Waals surface area (Å²) in [6, 6.07) is 3.70. The van der Waals surface area contributed by atoms with Crippen molar-refractivity contribution in [3.05, 3.63) is 34.9 Å². The second kappa shape index (κ2) is 20.8. The van der Waals surface area contributed by atoms with Crippen LogP contribution in [0.4, 0.5) is 0 Å². The van der Waals surface area contributed by atoms with Crippen molar-refractivity contribution in [2.24, 2.45) is 23.2 Å². The van der Waals surface area contributed by atoms with E-state index in [-0.39, 0.29) is 32.9 Å². The largest absolute Gasteiger partial charge is 0.417 e. The van der Waals surface area contributed by atoms with Crippen molar-refractivity contribution < 1.29 is 17.7 Å². The van der Waals surface area contributed by atoms with Crippen LogP contribution in [0.25, 0.3) is 0 Å². The van der Waals surface area contributed by atoms with Gasteiger partial charge in [0.15, 0.2) is 33.3 Å². The van der Waals surface area contributed by atoms with E-state index in [1.165, 1.54) is 80.6 Å². The average Bonchev–Trinajstić information content (AvgIpc) is 3.48. The summed E-state index contributed by atoms with van der Waals surface area (Å²) in [5.74, 6) is 2.27. The Morgan fingerprint density at radius 3 is 1.70 bits per heavy atom. The van der Waals surface area contributed by atoms with Crippen molar-refractivity contribution in [2.75, 3.05) is 6.61 Å². The molecule has 0 N–H and O–H groups in total. The van der Waals surface area contributed by atoms with Gasteiger partial charge in [-0.3, -0.25) is 0 Å². The lowest BCUT2D eigenvalue weighted by atomic mass is 9.60. The smallest absolute Gasteiger partial charge is 0.192 e. The van der Waals surface area contributed by atoms with Crippen molar-refractivity contribution >= 4 is 33.3 Å². The molecule has 61 heavy (non-hydrogen) atoms. The van der Waals surface area contributed by atoms with Gasteiger partial charge in [0.05, 0.1) is 17.8 Å². The highest BCUT2D eigenvalue weighted by atomic mass is 28.4. The Balaban J connectivity index is 1.92. The van der Waals surface area contributed by atoms with E-state index in [1.807, 2.05) is 0 Å². The van der Waals surface area contributed by atoms with Crippen LogP contribution in [-0.4, -0.2) is 57.7 Å². The SMILES string of the molecule is CC[Si](CC)(CC)OC(C)(C)CCCC(C)C1CCC2/C(=C/C=C3C[C@@H](O[Si](C)(C)C(C)(C)C)C(=CCCO[Si](C)(C)C(C)(C)C)[C@H](O[Si](C)(C)C(C)(C)C)C3)CCC[C@@]21C. The quantitative estimate of drug-likeness (QED) is 0.0735. The monoisotopic (exact) mass is 917 g/mol. The van der Waals surface area contributed by atoms with Crippen molar-refractivity contribution in [3.63, 3.8) is 0 Å². The van der Waals surface area contributed by atoms with E-state index < -0.39 is 33.3 Å². The molecule has 3 fully saturated rings. The van der Waals surface area contributed by atoms with Gasteiger partial charge in [-0.05, 0) is 173 Å². The third-order valence-electron chi connectivity index (χ3n) is 18.0. The number of rotatable bonds is 19. The molecule has 8 heteroatoms. The van der Waals surface area contributed by atoms with Gasteiger partial charge < -0.3 is 17.7 Å². The third kappa shape index (κ3) is 14.0. The van der Waals surface area contributed by atoms with Gasteiger partial charge >= 0.3 is 0 Å². The van der Waals surface area contributed by atoms with Gasteiger partial charge in [-0.15, -0.1) is 0 Å². The molecule has 356 valence electrons. The Bertz CT molecular complexity index is 1450. The van der Waals surface area contributed by atoms with Gasteiger partial charge in [-0.25, -0.2) is 0 Å². The summed E-state index contributed by atoms with van der Waals surface area (Å²) < 4.78 is 28.7. The molecule has 3 aliphatic carbocycles. The molecule has 0 aliphatic heterocycles. The molecule has 0 aromatic rings. The minimum atomic E-state index is -2.09. The Morgan fingerprint density at radius 1 is 0.721 bits per heavy atom. The maximum atomic E-state index is 7.49. The molecule has 4 nitrogen and oxygen atoms in total. The van der Waals surface area contributed by atoms with Crippen molar-refractivity contribution in [3.8, 4) is 0 Å². The summed E-state index contributed by atoms with van der Waals surface area (Å²) in [5.41, 5.74) is 5.00. The predicted molar refractivity (Wildman–Crippen MR) is 279 cm³/mol. The molecule has 3 aliphatic rings. The zero-order valence-corrected chi connectivity index (χ0v) is 48.9. The molecule has 0 saturated heterocycles. The second-order valence-corrected chi connectivity index (χ2v) is 44.9. The maximum Gasteiger partial charge on any atom is 0.192 e. The van der Waals surface area contributed by atoms with E-state index in [2.05, 4.69) is 168 Å².